The highest BCUT2D eigenvalue weighted by molar-refractivity contribution is 5.41. The van der Waals surface area contributed by atoms with E-state index in [1.165, 1.54) is 13.2 Å². The summed E-state index contributed by atoms with van der Waals surface area (Å²) in [4.78, 5) is 0. The second kappa shape index (κ2) is 4.94. The second-order valence-electron chi connectivity index (χ2n) is 5.26. The van der Waals surface area contributed by atoms with Gasteiger partial charge in [-0.3, -0.25) is 0 Å². The van der Waals surface area contributed by atoms with Crippen LogP contribution in [0.15, 0.2) is 18.2 Å². The third kappa shape index (κ3) is 3.11. The van der Waals surface area contributed by atoms with Crippen LogP contribution in [0.2, 0.25) is 0 Å². The van der Waals surface area contributed by atoms with Gasteiger partial charge >= 0.3 is 0 Å². The van der Waals surface area contributed by atoms with Crippen LogP contribution in [0.25, 0.3) is 0 Å². The molecule has 0 fully saturated rings. The van der Waals surface area contributed by atoms with Gasteiger partial charge in [0.1, 0.15) is 11.5 Å². The summed E-state index contributed by atoms with van der Waals surface area (Å²) < 4.78 is 4.99. The molecular formula is C13H21NO3. The highest BCUT2D eigenvalue weighted by atomic mass is 16.5. The van der Waals surface area contributed by atoms with Crippen LogP contribution in [0.1, 0.15) is 32.4 Å². The Bertz CT molecular complexity index is 385. The number of methoxy groups -OCH3 is 1. The number of aromatic hydroxyl groups is 1. The topological polar surface area (TPSA) is 75.7 Å². The van der Waals surface area contributed by atoms with Crippen LogP contribution in [0.5, 0.6) is 11.5 Å². The molecule has 0 saturated heterocycles. The predicted octanol–water partition coefficient (Wildman–Crippen LogP) is 1.81. The first-order valence-corrected chi connectivity index (χ1v) is 5.58. The van der Waals surface area contributed by atoms with Crippen LogP contribution in [0.3, 0.4) is 0 Å². The van der Waals surface area contributed by atoms with E-state index in [-0.39, 0.29) is 11.2 Å². The monoisotopic (exact) mass is 239 g/mol. The SMILES string of the molecule is COc1ccc([C@@H](N)[C@@H](O)C(C)(C)C)c(O)c1. The molecule has 0 aromatic heterocycles. The quantitative estimate of drug-likeness (QED) is 0.752. The first kappa shape index (κ1) is 13.8. The predicted molar refractivity (Wildman–Crippen MR) is 67.0 cm³/mol. The van der Waals surface area contributed by atoms with E-state index < -0.39 is 12.1 Å². The first-order valence-electron chi connectivity index (χ1n) is 5.58. The number of benzene rings is 1. The summed E-state index contributed by atoms with van der Waals surface area (Å²) in [5.41, 5.74) is 6.15. The molecular weight excluding hydrogens is 218 g/mol. The van der Waals surface area contributed by atoms with Crippen LogP contribution >= 0.6 is 0 Å². The van der Waals surface area contributed by atoms with E-state index in [9.17, 15) is 10.2 Å². The van der Waals surface area contributed by atoms with Gasteiger partial charge in [-0.15, -0.1) is 0 Å². The zero-order valence-electron chi connectivity index (χ0n) is 10.8. The van der Waals surface area contributed by atoms with Crippen molar-refractivity contribution in [2.75, 3.05) is 7.11 Å². The third-order valence-corrected chi connectivity index (χ3v) is 2.82. The molecule has 0 heterocycles. The summed E-state index contributed by atoms with van der Waals surface area (Å²) in [5, 5.41) is 19.9. The summed E-state index contributed by atoms with van der Waals surface area (Å²) in [6, 6.07) is 4.25. The number of phenolic OH excluding ortho intramolecular Hbond substituents is 1. The Kier molecular flexibility index (Phi) is 4.01. The van der Waals surface area contributed by atoms with Gasteiger partial charge in [0.05, 0.1) is 19.3 Å². The largest absolute Gasteiger partial charge is 0.507 e. The van der Waals surface area contributed by atoms with Gasteiger partial charge in [0, 0.05) is 11.6 Å². The van der Waals surface area contributed by atoms with E-state index in [1.807, 2.05) is 20.8 Å². The van der Waals surface area contributed by atoms with Gasteiger partial charge in [-0.05, 0) is 17.5 Å². The number of aliphatic hydroxyl groups is 1. The molecule has 0 amide bonds. The highest BCUT2D eigenvalue weighted by Crippen LogP contribution is 2.34. The molecule has 96 valence electrons. The number of nitrogens with two attached hydrogens (primary N) is 1. The smallest absolute Gasteiger partial charge is 0.124 e. The minimum atomic E-state index is -0.734. The van der Waals surface area contributed by atoms with E-state index >= 15 is 0 Å². The minimum absolute atomic E-state index is 0.0418. The maximum absolute atomic E-state index is 10.1. The van der Waals surface area contributed by atoms with E-state index in [0.29, 0.717) is 11.3 Å². The van der Waals surface area contributed by atoms with Gasteiger partial charge in [-0.2, -0.15) is 0 Å². The summed E-state index contributed by atoms with van der Waals surface area (Å²) in [7, 11) is 1.53. The van der Waals surface area contributed by atoms with Crippen molar-refractivity contribution < 1.29 is 14.9 Å². The van der Waals surface area contributed by atoms with Crippen molar-refractivity contribution in [2.45, 2.75) is 32.9 Å². The summed E-state index contributed by atoms with van der Waals surface area (Å²) in [6.45, 7) is 5.70. The Hall–Kier alpha value is -1.26. The Morgan fingerprint density at radius 2 is 1.88 bits per heavy atom. The number of phenols is 1. The second-order valence-corrected chi connectivity index (χ2v) is 5.26. The Labute approximate surface area is 102 Å². The maximum Gasteiger partial charge on any atom is 0.124 e. The van der Waals surface area contributed by atoms with Crippen LogP contribution in [-0.4, -0.2) is 23.4 Å². The Balaban J connectivity index is 3.01. The average molecular weight is 239 g/mol. The standard InChI is InChI=1S/C13H21NO3/c1-13(2,3)12(16)11(14)9-6-5-8(17-4)7-10(9)15/h5-7,11-12,15-16H,14H2,1-4H3/t11-,12-/m1/s1. The van der Waals surface area contributed by atoms with Gasteiger partial charge in [-0.25, -0.2) is 0 Å². The van der Waals surface area contributed by atoms with Gasteiger partial charge in [-0.1, -0.05) is 20.8 Å². The molecule has 0 aliphatic carbocycles. The zero-order chi connectivity index (χ0) is 13.2. The zero-order valence-corrected chi connectivity index (χ0v) is 10.8. The third-order valence-electron chi connectivity index (χ3n) is 2.82. The van der Waals surface area contributed by atoms with Crippen molar-refractivity contribution in [1.82, 2.24) is 0 Å². The molecule has 0 unspecified atom stereocenters. The number of aliphatic hydroxyl groups excluding tert-OH is 1. The molecule has 4 N–H and O–H groups in total. The normalized spacial score (nSPS) is 15.4. The molecule has 4 heteroatoms. The molecule has 2 atom stereocenters. The fourth-order valence-electron chi connectivity index (χ4n) is 1.64. The van der Waals surface area contributed by atoms with E-state index in [4.69, 9.17) is 10.5 Å². The molecule has 0 saturated carbocycles. The van der Waals surface area contributed by atoms with E-state index in [0.717, 1.165) is 0 Å². The van der Waals surface area contributed by atoms with Crippen molar-refractivity contribution in [3.05, 3.63) is 23.8 Å². The molecule has 1 rings (SSSR count). The Morgan fingerprint density at radius 3 is 2.29 bits per heavy atom. The molecule has 0 bridgehead atoms. The van der Waals surface area contributed by atoms with E-state index in [2.05, 4.69) is 0 Å². The molecule has 0 aliphatic rings. The molecule has 0 spiro atoms. The lowest BCUT2D eigenvalue weighted by atomic mass is 9.82. The van der Waals surface area contributed by atoms with Gasteiger partial charge in [0.15, 0.2) is 0 Å². The van der Waals surface area contributed by atoms with Gasteiger partial charge in [0.2, 0.25) is 0 Å². The summed E-state index contributed by atoms with van der Waals surface area (Å²) in [6.07, 6.45) is -0.734. The lowest BCUT2D eigenvalue weighted by Crippen LogP contribution is -2.36. The fourth-order valence-corrected chi connectivity index (χ4v) is 1.64. The van der Waals surface area contributed by atoms with Crippen LogP contribution in [-0.2, 0) is 0 Å². The van der Waals surface area contributed by atoms with Crippen LogP contribution in [0.4, 0.5) is 0 Å². The van der Waals surface area contributed by atoms with Crippen molar-refractivity contribution in [3.63, 3.8) is 0 Å². The van der Waals surface area contributed by atoms with Crippen molar-refractivity contribution in [1.29, 1.82) is 0 Å². The molecule has 4 nitrogen and oxygen atoms in total. The molecule has 17 heavy (non-hydrogen) atoms. The average Bonchev–Trinajstić information content (AvgIpc) is 2.25. The van der Waals surface area contributed by atoms with Gasteiger partial charge in [0.25, 0.3) is 0 Å². The van der Waals surface area contributed by atoms with Crippen LogP contribution < -0.4 is 10.5 Å². The molecule has 1 aromatic carbocycles. The lowest BCUT2D eigenvalue weighted by Gasteiger charge is -2.31. The minimum Gasteiger partial charge on any atom is -0.507 e. The summed E-state index contributed by atoms with van der Waals surface area (Å²) >= 11 is 0. The van der Waals surface area contributed by atoms with E-state index in [1.54, 1.807) is 12.1 Å². The van der Waals surface area contributed by atoms with Gasteiger partial charge < -0.3 is 20.7 Å². The molecule has 0 radical (unpaired) electrons. The first-order chi connectivity index (χ1) is 7.77. The lowest BCUT2D eigenvalue weighted by molar-refractivity contribution is 0.0394. The van der Waals surface area contributed by atoms with Crippen molar-refractivity contribution in [2.24, 2.45) is 11.1 Å². The molecule has 1 aromatic rings. The van der Waals surface area contributed by atoms with Crippen molar-refractivity contribution >= 4 is 0 Å². The molecule has 0 aliphatic heterocycles. The number of hydrogen-bond acceptors (Lipinski definition) is 4. The van der Waals surface area contributed by atoms with Crippen molar-refractivity contribution in [3.8, 4) is 11.5 Å². The fraction of sp³-hybridized carbons (Fsp3) is 0.538. The maximum atomic E-state index is 10.1. The summed E-state index contributed by atoms with van der Waals surface area (Å²) in [5.74, 6) is 0.601. The van der Waals surface area contributed by atoms with Crippen LogP contribution in [0, 0.1) is 5.41 Å². The number of rotatable bonds is 3. The highest BCUT2D eigenvalue weighted by Gasteiger charge is 2.30. The number of hydrogen-bond donors (Lipinski definition) is 3. The number of ether oxygens (including phenoxy) is 1. The Morgan fingerprint density at radius 1 is 1.29 bits per heavy atom.